The summed E-state index contributed by atoms with van der Waals surface area (Å²) in [4.78, 5) is 30.1. The van der Waals surface area contributed by atoms with Gasteiger partial charge < -0.3 is 15.1 Å². The van der Waals surface area contributed by atoms with Gasteiger partial charge >= 0.3 is 11.9 Å². The Labute approximate surface area is 87.0 Å². The topological polar surface area (TPSA) is 93.1 Å². The zero-order chi connectivity index (χ0) is 12.1. The van der Waals surface area contributed by atoms with Crippen LogP contribution in [0.15, 0.2) is 11.8 Å². The summed E-state index contributed by atoms with van der Waals surface area (Å²) in [7, 11) is 0. The second kappa shape index (κ2) is 5.35. The second-order valence-electron chi connectivity index (χ2n) is 3.81. The van der Waals surface area contributed by atoms with Crippen molar-refractivity contribution >= 4 is 11.9 Å². The van der Waals surface area contributed by atoms with Crippen LogP contribution in [0.3, 0.4) is 0 Å². The fourth-order valence-corrected chi connectivity index (χ4v) is 0.557. The van der Waals surface area contributed by atoms with Crippen molar-refractivity contribution in [2.24, 2.45) is 0 Å². The van der Waals surface area contributed by atoms with Crippen LogP contribution < -0.4 is 0 Å². The van der Waals surface area contributed by atoms with Crippen LogP contribution in [-0.2, 0) is 19.4 Å². The van der Waals surface area contributed by atoms with E-state index in [0.29, 0.717) is 0 Å². The Morgan fingerprint density at radius 2 is 1.80 bits per heavy atom. The lowest BCUT2D eigenvalue weighted by Gasteiger charge is -2.15. The lowest BCUT2D eigenvalue weighted by molar-refractivity contribution is -0.311. The van der Waals surface area contributed by atoms with E-state index in [0.717, 1.165) is 6.26 Å². The molecule has 0 fully saturated rings. The van der Waals surface area contributed by atoms with Gasteiger partial charge in [0.2, 0.25) is 0 Å². The maximum Gasteiger partial charge on any atom is 0.335 e. The number of aliphatic carboxylic acids is 2. The minimum atomic E-state index is -1.35. The normalized spacial score (nSPS) is 12.3. The Bertz CT molecular complexity index is 273. The standard InChI is InChI=1S/C9H14O6/c1-9(2,3)15-14-5-6(8(12)13)4-7(10)11/h5H,4H2,1-3H3,(H,10,11)(H,12,13). The van der Waals surface area contributed by atoms with E-state index in [9.17, 15) is 9.59 Å². The van der Waals surface area contributed by atoms with E-state index < -0.39 is 24.0 Å². The molecule has 6 nitrogen and oxygen atoms in total. The molecule has 0 bridgehead atoms. The molecule has 0 rings (SSSR count). The number of carbonyl (C=O) groups is 2. The minimum absolute atomic E-state index is 0.383. The molecule has 0 saturated carbocycles. The molecule has 0 aromatic heterocycles. The minimum Gasteiger partial charge on any atom is -0.481 e. The summed E-state index contributed by atoms with van der Waals surface area (Å²) in [6, 6.07) is 0. The van der Waals surface area contributed by atoms with Crippen molar-refractivity contribution in [2.75, 3.05) is 0 Å². The van der Waals surface area contributed by atoms with E-state index in [1.807, 2.05) is 0 Å². The van der Waals surface area contributed by atoms with Gasteiger partial charge in [-0.3, -0.25) is 4.79 Å². The molecule has 0 aromatic carbocycles. The predicted octanol–water partition coefficient (Wildman–Crippen LogP) is 1.18. The zero-order valence-corrected chi connectivity index (χ0v) is 8.81. The first kappa shape index (κ1) is 13.4. The summed E-state index contributed by atoms with van der Waals surface area (Å²) in [5, 5.41) is 17.0. The average molecular weight is 218 g/mol. The van der Waals surface area contributed by atoms with Gasteiger partial charge in [-0.05, 0) is 20.8 Å². The summed E-state index contributed by atoms with van der Waals surface area (Å²) >= 11 is 0. The number of hydrogen-bond acceptors (Lipinski definition) is 4. The summed E-state index contributed by atoms with van der Waals surface area (Å²) < 4.78 is 0. The van der Waals surface area contributed by atoms with Crippen LogP contribution in [0.4, 0.5) is 0 Å². The highest BCUT2D eigenvalue weighted by molar-refractivity contribution is 5.91. The molecular formula is C9H14O6. The lowest BCUT2D eigenvalue weighted by Crippen LogP contribution is -2.18. The van der Waals surface area contributed by atoms with Gasteiger partial charge in [0.15, 0.2) is 0 Å². The summed E-state index contributed by atoms with van der Waals surface area (Å²) in [6.07, 6.45) is 0.157. The molecule has 0 saturated heterocycles. The van der Waals surface area contributed by atoms with Gasteiger partial charge in [0, 0.05) is 0 Å². The fourth-order valence-electron chi connectivity index (χ4n) is 0.557. The van der Waals surface area contributed by atoms with Crippen molar-refractivity contribution in [3.05, 3.63) is 11.8 Å². The molecule has 6 heteroatoms. The zero-order valence-electron chi connectivity index (χ0n) is 8.81. The van der Waals surface area contributed by atoms with Gasteiger partial charge in [-0.15, -0.1) is 0 Å². The molecule has 2 N–H and O–H groups in total. The molecule has 0 aliphatic carbocycles. The highest BCUT2D eigenvalue weighted by atomic mass is 17.2. The van der Waals surface area contributed by atoms with Crippen LogP contribution in [-0.4, -0.2) is 27.8 Å². The van der Waals surface area contributed by atoms with Gasteiger partial charge in [0.25, 0.3) is 0 Å². The summed E-state index contributed by atoms with van der Waals surface area (Å²) in [6.45, 7) is 5.12. The first-order chi connectivity index (χ1) is 6.72. The number of hydrogen-bond donors (Lipinski definition) is 2. The Morgan fingerprint density at radius 1 is 1.27 bits per heavy atom. The predicted molar refractivity (Wildman–Crippen MR) is 49.9 cm³/mol. The van der Waals surface area contributed by atoms with Crippen LogP contribution in [0.2, 0.25) is 0 Å². The average Bonchev–Trinajstić information content (AvgIpc) is 1.99. The molecule has 0 spiro atoms. The number of carboxylic acid groups (broad SMARTS) is 2. The molecule has 86 valence electrons. The summed E-state index contributed by atoms with van der Waals surface area (Å²) in [5.41, 5.74) is -0.977. The van der Waals surface area contributed by atoms with Crippen LogP contribution in [0, 0.1) is 0 Å². The van der Waals surface area contributed by atoms with Crippen molar-refractivity contribution in [3.8, 4) is 0 Å². The van der Waals surface area contributed by atoms with Crippen molar-refractivity contribution < 1.29 is 29.6 Å². The smallest absolute Gasteiger partial charge is 0.335 e. The van der Waals surface area contributed by atoms with Gasteiger partial charge in [-0.2, -0.15) is 4.89 Å². The van der Waals surface area contributed by atoms with Gasteiger partial charge in [0.1, 0.15) is 11.9 Å². The van der Waals surface area contributed by atoms with Gasteiger partial charge in [-0.25, -0.2) is 4.79 Å². The van der Waals surface area contributed by atoms with Gasteiger partial charge in [0.05, 0.1) is 12.0 Å². The van der Waals surface area contributed by atoms with Crippen molar-refractivity contribution in [2.45, 2.75) is 32.8 Å². The maximum absolute atomic E-state index is 10.5. The Balaban J connectivity index is 4.31. The molecule has 0 heterocycles. The highest BCUT2D eigenvalue weighted by Crippen LogP contribution is 2.09. The molecule has 0 aliphatic rings. The molecule has 0 amide bonds. The number of carboxylic acids is 2. The van der Waals surface area contributed by atoms with Gasteiger partial charge in [-0.1, -0.05) is 0 Å². The highest BCUT2D eigenvalue weighted by Gasteiger charge is 2.15. The fraction of sp³-hybridized carbons (Fsp3) is 0.556. The first-order valence-electron chi connectivity index (χ1n) is 4.21. The van der Waals surface area contributed by atoms with Crippen LogP contribution in [0.5, 0.6) is 0 Å². The van der Waals surface area contributed by atoms with Crippen LogP contribution in [0.25, 0.3) is 0 Å². The SMILES string of the molecule is CC(C)(C)OOC=C(CC(=O)O)C(=O)O. The van der Waals surface area contributed by atoms with Crippen molar-refractivity contribution in [3.63, 3.8) is 0 Å². The largest absolute Gasteiger partial charge is 0.481 e. The third-order valence-corrected chi connectivity index (χ3v) is 1.10. The quantitative estimate of drug-likeness (QED) is 0.311. The van der Waals surface area contributed by atoms with E-state index in [1.165, 1.54) is 0 Å². The van der Waals surface area contributed by atoms with E-state index >= 15 is 0 Å². The second-order valence-corrected chi connectivity index (χ2v) is 3.81. The van der Waals surface area contributed by atoms with E-state index in [4.69, 9.17) is 15.1 Å². The Morgan fingerprint density at radius 3 is 2.13 bits per heavy atom. The third kappa shape index (κ3) is 7.51. The lowest BCUT2D eigenvalue weighted by atomic mass is 10.2. The monoisotopic (exact) mass is 218 g/mol. The maximum atomic E-state index is 10.5. The van der Waals surface area contributed by atoms with E-state index in [-0.39, 0.29) is 5.57 Å². The molecule has 0 unspecified atom stereocenters. The Hall–Kier alpha value is -1.56. The molecule has 15 heavy (non-hydrogen) atoms. The number of rotatable bonds is 5. The first-order valence-corrected chi connectivity index (χ1v) is 4.21. The van der Waals surface area contributed by atoms with E-state index in [2.05, 4.69) is 4.89 Å². The molecule has 0 aliphatic heterocycles. The van der Waals surface area contributed by atoms with Crippen molar-refractivity contribution in [1.29, 1.82) is 0 Å². The summed E-state index contributed by atoms with van der Waals surface area (Å²) in [5.74, 6) is -2.60. The van der Waals surface area contributed by atoms with E-state index in [1.54, 1.807) is 20.8 Å². The third-order valence-electron chi connectivity index (χ3n) is 1.10. The molecular weight excluding hydrogens is 204 g/mol. The molecule has 0 aromatic rings. The molecule has 0 atom stereocenters. The van der Waals surface area contributed by atoms with Crippen LogP contribution in [0.1, 0.15) is 27.2 Å². The Kier molecular flexibility index (Phi) is 4.80. The van der Waals surface area contributed by atoms with Crippen molar-refractivity contribution in [1.82, 2.24) is 0 Å². The molecule has 0 radical (unpaired) electrons. The van der Waals surface area contributed by atoms with Crippen LogP contribution >= 0.6 is 0 Å².